The SMILES string of the molecule is Cc1ccc(SCC(=O)NC2CC2)cc1C. The van der Waals surface area contributed by atoms with E-state index in [1.165, 1.54) is 16.0 Å². The van der Waals surface area contributed by atoms with E-state index < -0.39 is 0 Å². The van der Waals surface area contributed by atoms with Gasteiger partial charge in [0.15, 0.2) is 0 Å². The highest BCUT2D eigenvalue weighted by Gasteiger charge is 2.22. The fourth-order valence-corrected chi connectivity index (χ4v) is 2.26. The van der Waals surface area contributed by atoms with Crippen LogP contribution in [0.4, 0.5) is 0 Å². The third-order valence-corrected chi connectivity index (χ3v) is 3.78. The smallest absolute Gasteiger partial charge is 0.230 e. The van der Waals surface area contributed by atoms with Gasteiger partial charge in [-0.1, -0.05) is 6.07 Å². The molecule has 1 fully saturated rings. The van der Waals surface area contributed by atoms with Crippen LogP contribution in [0.25, 0.3) is 0 Å². The molecule has 1 saturated carbocycles. The topological polar surface area (TPSA) is 29.1 Å². The molecule has 0 heterocycles. The molecule has 2 nitrogen and oxygen atoms in total. The predicted octanol–water partition coefficient (Wildman–Crippen LogP) is 2.67. The highest BCUT2D eigenvalue weighted by Crippen LogP contribution is 2.22. The zero-order valence-corrected chi connectivity index (χ0v) is 10.6. The molecule has 0 atom stereocenters. The van der Waals surface area contributed by atoms with E-state index in [1.54, 1.807) is 11.8 Å². The first-order valence-corrected chi connectivity index (χ1v) is 6.63. The summed E-state index contributed by atoms with van der Waals surface area (Å²) < 4.78 is 0. The lowest BCUT2D eigenvalue weighted by Gasteiger charge is -2.05. The van der Waals surface area contributed by atoms with Crippen LogP contribution in [-0.2, 0) is 4.79 Å². The quantitative estimate of drug-likeness (QED) is 0.813. The molecule has 0 radical (unpaired) electrons. The summed E-state index contributed by atoms with van der Waals surface area (Å²) >= 11 is 1.61. The van der Waals surface area contributed by atoms with E-state index in [4.69, 9.17) is 0 Å². The predicted molar refractivity (Wildman–Crippen MR) is 67.8 cm³/mol. The van der Waals surface area contributed by atoms with Gasteiger partial charge in [0.25, 0.3) is 0 Å². The first-order chi connectivity index (χ1) is 7.65. The monoisotopic (exact) mass is 235 g/mol. The molecule has 1 aliphatic rings. The molecule has 0 saturated heterocycles. The summed E-state index contributed by atoms with van der Waals surface area (Å²) in [7, 11) is 0. The van der Waals surface area contributed by atoms with Crippen LogP contribution in [0.1, 0.15) is 24.0 Å². The maximum Gasteiger partial charge on any atom is 0.230 e. The lowest BCUT2D eigenvalue weighted by atomic mass is 10.1. The van der Waals surface area contributed by atoms with E-state index in [9.17, 15) is 4.79 Å². The molecule has 3 heteroatoms. The van der Waals surface area contributed by atoms with Gasteiger partial charge in [0, 0.05) is 10.9 Å². The molecule has 0 aromatic heterocycles. The Bertz CT molecular complexity index is 399. The number of nitrogens with one attached hydrogen (secondary N) is 1. The highest BCUT2D eigenvalue weighted by atomic mass is 32.2. The van der Waals surface area contributed by atoms with E-state index in [1.807, 2.05) is 0 Å². The van der Waals surface area contributed by atoms with Crippen LogP contribution in [0.15, 0.2) is 23.1 Å². The van der Waals surface area contributed by atoms with Crippen molar-refractivity contribution in [2.45, 2.75) is 37.6 Å². The summed E-state index contributed by atoms with van der Waals surface area (Å²) in [6, 6.07) is 6.80. The number of amides is 1. The van der Waals surface area contributed by atoms with Gasteiger partial charge in [0.05, 0.1) is 5.75 Å². The number of thioether (sulfide) groups is 1. The fraction of sp³-hybridized carbons (Fsp3) is 0.462. The third kappa shape index (κ3) is 3.27. The summed E-state index contributed by atoms with van der Waals surface area (Å²) in [6.07, 6.45) is 2.31. The van der Waals surface area contributed by atoms with Crippen molar-refractivity contribution in [3.05, 3.63) is 29.3 Å². The van der Waals surface area contributed by atoms with E-state index in [-0.39, 0.29) is 5.91 Å². The Labute approximate surface area is 101 Å². The fourth-order valence-electron chi connectivity index (χ4n) is 1.45. The van der Waals surface area contributed by atoms with E-state index >= 15 is 0 Å². The van der Waals surface area contributed by atoms with Crippen molar-refractivity contribution in [3.8, 4) is 0 Å². The summed E-state index contributed by atoms with van der Waals surface area (Å²) in [5.74, 6) is 0.685. The van der Waals surface area contributed by atoms with Gasteiger partial charge < -0.3 is 5.32 Å². The van der Waals surface area contributed by atoms with Crippen LogP contribution < -0.4 is 5.32 Å². The maximum absolute atomic E-state index is 11.5. The number of carbonyl (C=O) groups is 1. The first-order valence-electron chi connectivity index (χ1n) is 5.64. The standard InChI is InChI=1S/C13H17NOS/c1-9-3-6-12(7-10(9)2)16-8-13(15)14-11-4-5-11/h3,6-7,11H,4-5,8H2,1-2H3,(H,14,15). The van der Waals surface area contributed by atoms with Crippen LogP contribution in [0.3, 0.4) is 0 Å². The van der Waals surface area contributed by atoms with Gasteiger partial charge in [-0.25, -0.2) is 0 Å². The number of benzene rings is 1. The van der Waals surface area contributed by atoms with Crippen LogP contribution in [0, 0.1) is 13.8 Å². The van der Waals surface area contributed by atoms with E-state index in [0.29, 0.717) is 11.8 Å². The normalized spacial score (nSPS) is 14.9. The van der Waals surface area contributed by atoms with Gasteiger partial charge in [-0.05, 0) is 49.9 Å². The van der Waals surface area contributed by atoms with Gasteiger partial charge >= 0.3 is 0 Å². The Morgan fingerprint density at radius 2 is 2.12 bits per heavy atom. The van der Waals surface area contributed by atoms with Crippen molar-refractivity contribution in [2.75, 3.05) is 5.75 Å². The summed E-state index contributed by atoms with van der Waals surface area (Å²) in [5, 5.41) is 2.99. The molecule has 16 heavy (non-hydrogen) atoms. The van der Waals surface area contributed by atoms with Gasteiger partial charge in [-0.15, -0.1) is 11.8 Å². The Morgan fingerprint density at radius 3 is 2.75 bits per heavy atom. The molecule has 1 amide bonds. The second kappa shape index (κ2) is 4.91. The van der Waals surface area contributed by atoms with Crippen molar-refractivity contribution in [1.29, 1.82) is 0 Å². The second-order valence-corrected chi connectivity index (χ2v) is 5.43. The molecule has 1 aliphatic carbocycles. The van der Waals surface area contributed by atoms with Crippen molar-refractivity contribution in [2.24, 2.45) is 0 Å². The van der Waals surface area contributed by atoms with Crippen molar-refractivity contribution < 1.29 is 4.79 Å². The number of rotatable bonds is 4. The molecule has 1 aromatic rings. The molecule has 0 bridgehead atoms. The number of hydrogen-bond acceptors (Lipinski definition) is 2. The average Bonchev–Trinajstić information content (AvgIpc) is 3.04. The zero-order chi connectivity index (χ0) is 11.5. The van der Waals surface area contributed by atoms with E-state index in [2.05, 4.69) is 37.4 Å². The minimum Gasteiger partial charge on any atom is -0.353 e. The molecule has 2 rings (SSSR count). The van der Waals surface area contributed by atoms with Crippen molar-refractivity contribution in [3.63, 3.8) is 0 Å². The van der Waals surface area contributed by atoms with Crippen molar-refractivity contribution >= 4 is 17.7 Å². The minimum atomic E-state index is 0.158. The molecule has 86 valence electrons. The Balaban J connectivity index is 1.83. The van der Waals surface area contributed by atoms with Gasteiger partial charge in [-0.3, -0.25) is 4.79 Å². The maximum atomic E-state index is 11.5. The molecule has 1 aromatic carbocycles. The number of carbonyl (C=O) groups excluding carboxylic acids is 1. The Hall–Kier alpha value is -0.960. The first kappa shape index (κ1) is 11.5. The molecular weight excluding hydrogens is 218 g/mol. The average molecular weight is 235 g/mol. The second-order valence-electron chi connectivity index (χ2n) is 4.38. The summed E-state index contributed by atoms with van der Waals surface area (Å²) in [6.45, 7) is 4.20. The zero-order valence-electron chi connectivity index (χ0n) is 9.75. The minimum absolute atomic E-state index is 0.158. The molecule has 1 N–H and O–H groups in total. The number of aryl methyl sites for hydroxylation is 2. The molecule has 0 aliphatic heterocycles. The van der Waals surface area contributed by atoms with Crippen LogP contribution >= 0.6 is 11.8 Å². The third-order valence-electron chi connectivity index (χ3n) is 2.79. The lowest BCUT2D eigenvalue weighted by Crippen LogP contribution is -2.26. The van der Waals surface area contributed by atoms with Crippen LogP contribution in [0.2, 0.25) is 0 Å². The van der Waals surface area contributed by atoms with E-state index in [0.717, 1.165) is 12.8 Å². The molecular formula is C13H17NOS. The van der Waals surface area contributed by atoms with Gasteiger partial charge in [-0.2, -0.15) is 0 Å². The van der Waals surface area contributed by atoms with Crippen LogP contribution in [0.5, 0.6) is 0 Å². The molecule has 0 unspecified atom stereocenters. The molecule has 0 spiro atoms. The van der Waals surface area contributed by atoms with Gasteiger partial charge in [0.1, 0.15) is 0 Å². The lowest BCUT2D eigenvalue weighted by molar-refractivity contribution is -0.118. The van der Waals surface area contributed by atoms with Gasteiger partial charge in [0.2, 0.25) is 5.91 Å². The van der Waals surface area contributed by atoms with Crippen molar-refractivity contribution in [1.82, 2.24) is 5.32 Å². The van der Waals surface area contributed by atoms with Crippen LogP contribution in [-0.4, -0.2) is 17.7 Å². The Kier molecular flexibility index (Phi) is 3.54. The highest BCUT2D eigenvalue weighted by molar-refractivity contribution is 8.00. The summed E-state index contributed by atoms with van der Waals surface area (Å²) in [5.41, 5.74) is 2.58. The summed E-state index contributed by atoms with van der Waals surface area (Å²) in [4.78, 5) is 12.7. The Morgan fingerprint density at radius 1 is 1.38 bits per heavy atom. The largest absolute Gasteiger partial charge is 0.353 e. The number of hydrogen-bond donors (Lipinski definition) is 1.